The minimum Gasteiger partial charge on any atom is -0.497 e. The van der Waals surface area contributed by atoms with E-state index in [1.807, 2.05) is 6.07 Å². The van der Waals surface area contributed by atoms with Gasteiger partial charge in [-0.05, 0) is 50.8 Å². The van der Waals surface area contributed by atoms with Gasteiger partial charge >= 0.3 is 0 Å². The number of piperidine rings is 1. The first kappa shape index (κ1) is 26.9. The molecule has 182 valence electrons. The van der Waals surface area contributed by atoms with Crippen LogP contribution in [0, 0.1) is 0 Å². The molecule has 2 unspecified atom stereocenters. The first-order valence-electron chi connectivity index (χ1n) is 11.3. The Hall–Kier alpha value is -1.30. The third kappa shape index (κ3) is 7.64. The van der Waals surface area contributed by atoms with E-state index < -0.39 is 6.10 Å². The second-order valence-electron chi connectivity index (χ2n) is 7.97. The third-order valence-electron chi connectivity index (χ3n) is 5.83. The first-order valence-corrected chi connectivity index (χ1v) is 11.3. The molecular formula is C23H38IN3O5. The molecule has 2 saturated heterocycles. The molecule has 0 bridgehead atoms. The molecule has 3 rings (SSSR count). The predicted octanol–water partition coefficient (Wildman–Crippen LogP) is 2.98. The second-order valence-corrected chi connectivity index (χ2v) is 7.97. The molecule has 9 heteroatoms. The van der Waals surface area contributed by atoms with Crippen LogP contribution in [0.2, 0.25) is 0 Å². The van der Waals surface area contributed by atoms with Crippen LogP contribution in [0.1, 0.15) is 44.3 Å². The van der Waals surface area contributed by atoms with E-state index in [0.717, 1.165) is 57.9 Å². The highest BCUT2D eigenvalue weighted by atomic mass is 127. The van der Waals surface area contributed by atoms with Gasteiger partial charge in [0, 0.05) is 31.8 Å². The fourth-order valence-electron chi connectivity index (χ4n) is 4.05. The Morgan fingerprint density at radius 2 is 2.03 bits per heavy atom. The summed E-state index contributed by atoms with van der Waals surface area (Å²) in [6, 6.07) is 5.41. The molecule has 2 aliphatic rings. The number of rotatable bonds is 9. The molecule has 2 N–H and O–H groups in total. The molecule has 0 amide bonds. The lowest BCUT2D eigenvalue weighted by Crippen LogP contribution is -2.47. The minimum absolute atomic E-state index is 0. The molecule has 2 heterocycles. The van der Waals surface area contributed by atoms with Gasteiger partial charge in [-0.2, -0.15) is 0 Å². The van der Waals surface area contributed by atoms with Gasteiger partial charge in [0.15, 0.2) is 5.96 Å². The summed E-state index contributed by atoms with van der Waals surface area (Å²) in [7, 11) is 3.20. The Morgan fingerprint density at radius 3 is 2.66 bits per heavy atom. The first-order chi connectivity index (χ1) is 15.1. The number of guanidine groups is 1. The Balaban J connectivity index is 0.00000363. The summed E-state index contributed by atoms with van der Waals surface area (Å²) in [5.74, 6) is 2.12. The molecule has 32 heavy (non-hydrogen) atoms. The van der Waals surface area contributed by atoms with Crippen LogP contribution in [0.3, 0.4) is 0 Å². The van der Waals surface area contributed by atoms with Gasteiger partial charge in [0.25, 0.3) is 0 Å². The lowest BCUT2D eigenvalue weighted by Gasteiger charge is -2.34. The van der Waals surface area contributed by atoms with Gasteiger partial charge < -0.3 is 34.3 Å². The summed E-state index contributed by atoms with van der Waals surface area (Å²) in [5, 5.41) is 14.1. The molecule has 0 radical (unpaired) electrons. The van der Waals surface area contributed by atoms with Crippen LogP contribution >= 0.6 is 24.0 Å². The SMILES string of the molecule is CCNC(=NCC(O)c1cc(OC)ccc1OC)N1CCC(OCC2CCCO2)CC1.I. The van der Waals surface area contributed by atoms with Crippen molar-refractivity contribution in [2.24, 2.45) is 4.99 Å². The van der Waals surface area contributed by atoms with Crippen molar-refractivity contribution in [2.45, 2.75) is 50.9 Å². The molecule has 2 fully saturated rings. The molecule has 1 aromatic rings. The number of hydrogen-bond donors (Lipinski definition) is 2. The lowest BCUT2D eigenvalue weighted by molar-refractivity contribution is -0.0367. The van der Waals surface area contributed by atoms with Crippen molar-refractivity contribution in [2.75, 3.05) is 53.6 Å². The van der Waals surface area contributed by atoms with Crippen molar-refractivity contribution in [1.82, 2.24) is 10.2 Å². The van der Waals surface area contributed by atoms with Gasteiger partial charge in [-0.1, -0.05) is 0 Å². The summed E-state index contributed by atoms with van der Waals surface area (Å²) in [4.78, 5) is 6.94. The molecule has 2 atom stereocenters. The standard InChI is InChI=1S/C23H37N3O5.HI/c1-4-24-23(25-15-21(27)20-14-18(28-2)7-8-22(20)29-3)26-11-9-17(10-12-26)31-16-19-6-5-13-30-19;/h7-8,14,17,19,21,27H,4-6,9-13,15-16H2,1-3H3,(H,24,25);1H. The Kier molecular flexibility index (Phi) is 11.8. The summed E-state index contributed by atoms with van der Waals surface area (Å²) >= 11 is 0. The van der Waals surface area contributed by atoms with Gasteiger partial charge in [-0.25, -0.2) is 0 Å². The van der Waals surface area contributed by atoms with E-state index in [1.54, 1.807) is 26.4 Å². The molecule has 0 aromatic heterocycles. The average Bonchev–Trinajstić information content (AvgIpc) is 3.34. The topological polar surface area (TPSA) is 84.8 Å². The fraction of sp³-hybridized carbons (Fsp3) is 0.696. The Morgan fingerprint density at radius 1 is 1.25 bits per heavy atom. The molecular weight excluding hydrogens is 525 g/mol. The lowest BCUT2D eigenvalue weighted by atomic mass is 10.1. The maximum Gasteiger partial charge on any atom is 0.194 e. The highest BCUT2D eigenvalue weighted by Crippen LogP contribution is 2.29. The Bertz CT molecular complexity index is 707. The van der Waals surface area contributed by atoms with E-state index >= 15 is 0 Å². The highest BCUT2D eigenvalue weighted by Gasteiger charge is 2.24. The van der Waals surface area contributed by atoms with E-state index in [0.29, 0.717) is 23.7 Å². The normalized spacial score (nSPS) is 20.6. The largest absolute Gasteiger partial charge is 0.497 e. The van der Waals surface area contributed by atoms with E-state index in [9.17, 15) is 5.11 Å². The van der Waals surface area contributed by atoms with Crippen molar-refractivity contribution in [3.05, 3.63) is 23.8 Å². The average molecular weight is 563 g/mol. The summed E-state index contributed by atoms with van der Waals surface area (Å²) in [5.41, 5.74) is 0.669. The van der Waals surface area contributed by atoms with E-state index in [4.69, 9.17) is 23.9 Å². The van der Waals surface area contributed by atoms with Crippen LogP contribution < -0.4 is 14.8 Å². The van der Waals surface area contributed by atoms with Crippen molar-refractivity contribution in [1.29, 1.82) is 0 Å². The maximum atomic E-state index is 10.8. The number of nitrogens with one attached hydrogen (secondary N) is 1. The van der Waals surface area contributed by atoms with Crippen LogP contribution in [0.15, 0.2) is 23.2 Å². The number of methoxy groups -OCH3 is 2. The van der Waals surface area contributed by atoms with E-state index in [2.05, 4.69) is 17.1 Å². The van der Waals surface area contributed by atoms with Crippen molar-refractivity contribution in [3.8, 4) is 11.5 Å². The molecule has 8 nitrogen and oxygen atoms in total. The number of aliphatic hydroxyl groups excluding tert-OH is 1. The number of likely N-dealkylation sites (tertiary alicyclic amines) is 1. The predicted molar refractivity (Wildman–Crippen MR) is 135 cm³/mol. The van der Waals surface area contributed by atoms with Gasteiger partial charge in [-0.3, -0.25) is 4.99 Å². The molecule has 1 aromatic carbocycles. The number of nitrogens with zero attached hydrogens (tertiary/aromatic N) is 2. The van der Waals surface area contributed by atoms with Gasteiger partial charge in [0.1, 0.15) is 17.6 Å². The summed E-state index contributed by atoms with van der Waals surface area (Å²) in [6.45, 7) is 6.37. The minimum atomic E-state index is -0.786. The Labute approximate surface area is 208 Å². The molecule has 0 spiro atoms. The van der Waals surface area contributed by atoms with E-state index in [1.165, 1.54) is 0 Å². The van der Waals surface area contributed by atoms with Crippen molar-refractivity contribution < 1.29 is 24.1 Å². The van der Waals surface area contributed by atoms with Crippen molar-refractivity contribution in [3.63, 3.8) is 0 Å². The molecule has 0 aliphatic carbocycles. The summed E-state index contributed by atoms with van der Waals surface area (Å²) < 4.78 is 22.4. The van der Waals surface area contributed by atoms with E-state index in [-0.39, 0.29) is 42.7 Å². The zero-order chi connectivity index (χ0) is 22.1. The zero-order valence-corrected chi connectivity index (χ0v) is 21.7. The number of ether oxygens (including phenoxy) is 4. The van der Waals surface area contributed by atoms with Crippen molar-refractivity contribution >= 4 is 29.9 Å². The van der Waals surface area contributed by atoms with Crippen LogP contribution in [0.4, 0.5) is 0 Å². The van der Waals surface area contributed by atoms with Crippen LogP contribution in [0.25, 0.3) is 0 Å². The number of halogens is 1. The molecule has 0 saturated carbocycles. The van der Waals surface area contributed by atoms with Crippen LogP contribution in [-0.4, -0.2) is 81.8 Å². The quantitative estimate of drug-likeness (QED) is 0.272. The number of aliphatic imine (C=N–C) groups is 1. The fourth-order valence-corrected chi connectivity index (χ4v) is 4.05. The zero-order valence-electron chi connectivity index (χ0n) is 19.4. The maximum absolute atomic E-state index is 10.8. The van der Waals surface area contributed by atoms with Crippen LogP contribution in [0.5, 0.6) is 11.5 Å². The number of aliphatic hydroxyl groups is 1. The van der Waals surface area contributed by atoms with Crippen LogP contribution in [-0.2, 0) is 9.47 Å². The van der Waals surface area contributed by atoms with Gasteiger partial charge in [0.2, 0.25) is 0 Å². The number of hydrogen-bond acceptors (Lipinski definition) is 6. The van der Waals surface area contributed by atoms with Gasteiger partial charge in [0.05, 0.1) is 39.6 Å². The second kappa shape index (κ2) is 14.1. The highest BCUT2D eigenvalue weighted by molar-refractivity contribution is 14.0. The monoisotopic (exact) mass is 563 g/mol. The number of benzene rings is 1. The smallest absolute Gasteiger partial charge is 0.194 e. The molecule has 2 aliphatic heterocycles. The summed E-state index contributed by atoms with van der Waals surface area (Å²) in [6.07, 6.45) is 3.93. The third-order valence-corrected chi connectivity index (χ3v) is 5.83. The van der Waals surface area contributed by atoms with Gasteiger partial charge in [-0.15, -0.1) is 24.0 Å².